The van der Waals surface area contributed by atoms with Crippen LogP contribution >= 0.6 is 0 Å². The second kappa shape index (κ2) is 7.06. The van der Waals surface area contributed by atoms with Crippen LogP contribution in [0.5, 0.6) is 5.75 Å². The van der Waals surface area contributed by atoms with Gasteiger partial charge in [0.15, 0.2) is 5.70 Å². The van der Waals surface area contributed by atoms with Gasteiger partial charge < -0.3 is 26.6 Å². The maximum Gasteiger partial charge on any atom is 1.00 e. The SMILES string of the molecule is COC1=C(C(=O)O)N2C(=O)[C@@H]3[C@H]2[C@H](C1)CN3C(=O)Nc1ccc(O)cc1.[H-].[Na+]. The molecule has 0 aromatic heterocycles. The number of anilines is 1. The zero-order valence-corrected chi connectivity index (χ0v) is 16.9. The molecule has 138 valence electrons. The van der Waals surface area contributed by atoms with Gasteiger partial charge in [-0.15, -0.1) is 0 Å². The number of β-lactam (4-membered cyclic amide) rings is 1. The number of rotatable bonds is 3. The third-order valence-corrected chi connectivity index (χ3v) is 5.14. The average Bonchev–Trinajstić information content (AvgIpc) is 2.98. The number of aliphatic carboxylic acids is 1. The van der Waals surface area contributed by atoms with Gasteiger partial charge in [-0.25, -0.2) is 9.59 Å². The maximum atomic E-state index is 12.6. The molecule has 3 aliphatic rings. The zero-order chi connectivity index (χ0) is 18.6. The topological polar surface area (TPSA) is 119 Å². The Labute approximate surface area is 178 Å². The number of phenolic OH excluding ortho intramolecular Hbond substituents is 1. The van der Waals surface area contributed by atoms with Crippen molar-refractivity contribution < 1.29 is 60.3 Å². The molecule has 0 radical (unpaired) electrons. The Morgan fingerprint density at radius 1 is 1.30 bits per heavy atom. The van der Waals surface area contributed by atoms with E-state index in [1.54, 1.807) is 12.1 Å². The summed E-state index contributed by atoms with van der Waals surface area (Å²) in [6.45, 7) is 0.335. The minimum Gasteiger partial charge on any atom is -1.00 e. The summed E-state index contributed by atoms with van der Waals surface area (Å²) >= 11 is 0. The minimum atomic E-state index is -1.21. The monoisotopic (exact) mass is 383 g/mol. The molecule has 0 unspecified atom stereocenters. The molecule has 4 rings (SSSR count). The number of carboxylic acids is 1. The van der Waals surface area contributed by atoms with E-state index >= 15 is 0 Å². The third-order valence-electron chi connectivity index (χ3n) is 5.14. The molecule has 0 saturated carbocycles. The number of carboxylic acid groups (broad SMARTS) is 1. The van der Waals surface area contributed by atoms with Gasteiger partial charge in [0.05, 0.1) is 13.2 Å². The van der Waals surface area contributed by atoms with Crippen LogP contribution < -0.4 is 34.9 Å². The number of carbonyl (C=O) groups is 3. The van der Waals surface area contributed by atoms with E-state index in [-0.39, 0.29) is 60.1 Å². The first-order valence-corrected chi connectivity index (χ1v) is 8.12. The van der Waals surface area contributed by atoms with Crippen molar-refractivity contribution in [2.75, 3.05) is 19.0 Å². The van der Waals surface area contributed by atoms with E-state index in [0.29, 0.717) is 18.7 Å². The first-order chi connectivity index (χ1) is 12.4. The maximum absolute atomic E-state index is 12.6. The number of carbonyl (C=O) groups excluding carboxylic acids is 2. The van der Waals surface area contributed by atoms with Crippen LogP contribution in [0.1, 0.15) is 7.85 Å². The molecule has 9 nitrogen and oxygen atoms in total. The van der Waals surface area contributed by atoms with E-state index < -0.39 is 23.9 Å². The minimum absolute atomic E-state index is 0. The second-order valence-corrected chi connectivity index (χ2v) is 6.52. The van der Waals surface area contributed by atoms with Crippen molar-refractivity contribution in [1.29, 1.82) is 0 Å². The number of nitrogens with one attached hydrogen (secondary N) is 1. The summed E-state index contributed by atoms with van der Waals surface area (Å²) in [5, 5.41) is 21.4. The van der Waals surface area contributed by atoms with Crippen LogP contribution in [0.2, 0.25) is 0 Å². The summed E-state index contributed by atoms with van der Waals surface area (Å²) in [5.74, 6) is -1.35. The number of nitrogens with zero attached hydrogens (tertiary/aromatic N) is 2. The number of likely N-dealkylation sites (tertiary alicyclic amines) is 1. The number of allylic oxidation sites excluding steroid dienone is 1. The van der Waals surface area contributed by atoms with Crippen molar-refractivity contribution in [3.63, 3.8) is 0 Å². The third kappa shape index (κ3) is 2.95. The quantitative estimate of drug-likeness (QED) is 0.313. The summed E-state index contributed by atoms with van der Waals surface area (Å²) in [6.07, 6.45) is 0.367. The normalized spacial score (nSPS) is 25.4. The van der Waals surface area contributed by atoms with Crippen molar-refractivity contribution in [1.82, 2.24) is 9.80 Å². The molecule has 3 amide bonds. The Morgan fingerprint density at radius 3 is 2.56 bits per heavy atom. The van der Waals surface area contributed by atoms with Gasteiger partial charge in [0, 0.05) is 24.6 Å². The molecule has 3 atom stereocenters. The first kappa shape index (κ1) is 19.5. The van der Waals surface area contributed by atoms with Crippen molar-refractivity contribution in [2.24, 2.45) is 5.92 Å². The Hall–Kier alpha value is -2.23. The number of urea groups is 1. The molecule has 1 aromatic carbocycles. The Bertz CT molecular complexity index is 846. The Kier molecular flexibility index (Phi) is 5.11. The molecular weight excluding hydrogens is 365 g/mol. The van der Waals surface area contributed by atoms with Crippen LogP contribution in [0, 0.1) is 5.92 Å². The van der Waals surface area contributed by atoms with Crippen molar-refractivity contribution >= 4 is 23.6 Å². The van der Waals surface area contributed by atoms with Crippen molar-refractivity contribution in [3.8, 4) is 5.75 Å². The molecule has 10 heteroatoms. The molecule has 2 fully saturated rings. The molecule has 1 aromatic rings. The zero-order valence-electron chi connectivity index (χ0n) is 15.9. The van der Waals surface area contributed by atoms with Crippen molar-refractivity contribution in [3.05, 3.63) is 35.7 Å². The Morgan fingerprint density at radius 2 is 1.96 bits per heavy atom. The number of methoxy groups -OCH3 is 1. The second-order valence-electron chi connectivity index (χ2n) is 6.52. The summed E-state index contributed by atoms with van der Waals surface area (Å²) in [4.78, 5) is 39.4. The van der Waals surface area contributed by atoms with Gasteiger partial charge in [0.2, 0.25) is 0 Å². The van der Waals surface area contributed by atoms with Crippen LogP contribution in [-0.2, 0) is 14.3 Å². The van der Waals surface area contributed by atoms with Crippen LogP contribution in [-0.4, -0.2) is 63.7 Å². The summed E-state index contributed by atoms with van der Waals surface area (Å²) in [5.41, 5.74) is 0.365. The molecular formula is C17H18N3NaO6. The van der Waals surface area contributed by atoms with E-state index in [1.165, 1.54) is 29.0 Å². The number of hydrogen-bond donors (Lipinski definition) is 3. The van der Waals surface area contributed by atoms with Crippen LogP contribution in [0.3, 0.4) is 0 Å². The summed E-state index contributed by atoms with van der Waals surface area (Å²) in [6, 6.07) is 4.57. The number of benzene rings is 1. The van der Waals surface area contributed by atoms with Gasteiger partial charge in [-0.2, -0.15) is 0 Å². The van der Waals surface area contributed by atoms with Gasteiger partial charge in [-0.1, -0.05) is 0 Å². The van der Waals surface area contributed by atoms with Gasteiger partial charge >= 0.3 is 41.6 Å². The fraction of sp³-hybridized carbons (Fsp3) is 0.353. The van der Waals surface area contributed by atoms with Crippen LogP contribution in [0.25, 0.3) is 0 Å². The fourth-order valence-corrected chi connectivity index (χ4v) is 4.02. The largest absolute Gasteiger partial charge is 1.00 e. The average molecular weight is 383 g/mol. The van der Waals surface area contributed by atoms with Crippen LogP contribution in [0.15, 0.2) is 35.7 Å². The number of amides is 3. The number of ether oxygens (including phenoxy) is 1. The smallest absolute Gasteiger partial charge is 1.00 e. The summed E-state index contributed by atoms with van der Waals surface area (Å²) < 4.78 is 5.18. The molecule has 0 spiro atoms. The van der Waals surface area contributed by atoms with E-state index in [4.69, 9.17) is 4.74 Å². The predicted octanol–water partition coefficient (Wildman–Crippen LogP) is -2.10. The first-order valence-electron chi connectivity index (χ1n) is 8.12. The summed E-state index contributed by atoms with van der Waals surface area (Å²) in [7, 11) is 1.38. The van der Waals surface area contributed by atoms with Gasteiger partial charge in [0.25, 0.3) is 5.91 Å². The van der Waals surface area contributed by atoms with Gasteiger partial charge in [0.1, 0.15) is 17.6 Å². The number of hydrogen-bond acceptors (Lipinski definition) is 5. The molecule has 0 bridgehead atoms. The standard InChI is InChI=1S/C17H17N3O6.Na.H/c1-26-11-6-8-7-19(17(25)18-9-2-4-10(21)5-3-9)14-12(8)20(15(14)22)13(11)16(23)24;;/h2-5,8,12,14,21H,6-7H2,1H3,(H,18,25)(H,23,24);;/q;+1;-1/t8-,12-,14+;;/m1../s1. The molecule has 2 saturated heterocycles. The van der Waals surface area contributed by atoms with E-state index in [9.17, 15) is 24.6 Å². The molecule has 3 aliphatic heterocycles. The fourth-order valence-electron chi connectivity index (χ4n) is 4.02. The van der Waals surface area contributed by atoms with Gasteiger partial charge in [-0.05, 0) is 24.3 Å². The number of aromatic hydroxyl groups is 1. The predicted molar refractivity (Wildman–Crippen MR) is 89.1 cm³/mol. The van der Waals surface area contributed by atoms with E-state index in [0.717, 1.165) is 0 Å². The Balaban J connectivity index is 0.00000140. The van der Waals surface area contributed by atoms with Gasteiger partial charge in [-0.3, -0.25) is 9.69 Å². The van der Waals surface area contributed by atoms with E-state index in [2.05, 4.69) is 5.32 Å². The number of phenols is 1. The molecule has 27 heavy (non-hydrogen) atoms. The molecule has 0 aliphatic carbocycles. The van der Waals surface area contributed by atoms with Crippen LogP contribution in [0.4, 0.5) is 10.5 Å². The molecule has 3 heterocycles. The molecule has 3 N–H and O–H groups in total. The van der Waals surface area contributed by atoms with Crippen molar-refractivity contribution in [2.45, 2.75) is 18.5 Å². The van der Waals surface area contributed by atoms with E-state index in [1.807, 2.05) is 0 Å².